The lowest BCUT2D eigenvalue weighted by atomic mass is 10.1. The van der Waals surface area contributed by atoms with Crippen LogP contribution in [0.25, 0.3) is 0 Å². The molecule has 6 heteroatoms. The first kappa shape index (κ1) is 14.3. The van der Waals surface area contributed by atoms with Crippen molar-refractivity contribution in [3.63, 3.8) is 0 Å². The van der Waals surface area contributed by atoms with Crippen LogP contribution in [-0.4, -0.2) is 36.3 Å². The van der Waals surface area contributed by atoms with Gasteiger partial charge in [-0.3, -0.25) is 0 Å². The van der Waals surface area contributed by atoms with Gasteiger partial charge in [0.2, 0.25) is 0 Å². The number of aliphatic hydroxyl groups is 1. The van der Waals surface area contributed by atoms with E-state index in [1.807, 2.05) is 11.6 Å². The number of aromatic nitrogens is 1. The topological polar surface area (TPSA) is 39.6 Å². The first-order valence-electron chi connectivity index (χ1n) is 7.02. The highest BCUT2D eigenvalue weighted by Crippen LogP contribution is 2.29. The van der Waals surface area contributed by atoms with Crippen molar-refractivity contribution in [3.8, 4) is 0 Å². The summed E-state index contributed by atoms with van der Waals surface area (Å²) < 4.78 is 13.4. The summed E-state index contributed by atoms with van der Waals surface area (Å²) in [5.74, 6) is -0.309. The van der Waals surface area contributed by atoms with Crippen molar-refractivity contribution in [2.75, 3.05) is 36.0 Å². The molecule has 4 nitrogen and oxygen atoms in total. The second kappa shape index (κ2) is 5.99. The molecule has 1 fully saturated rings. The minimum Gasteiger partial charge on any atom is -0.389 e. The average molecular weight is 307 g/mol. The number of rotatable bonds is 3. The quantitative estimate of drug-likeness (QED) is 0.946. The fourth-order valence-electron chi connectivity index (χ4n) is 2.66. The number of aliphatic hydroxyl groups excluding tert-OH is 1. The Balaban J connectivity index is 1.75. The lowest BCUT2D eigenvalue weighted by Crippen LogP contribution is -2.46. The number of nitrogens with zero attached hydrogens (tertiary/aromatic N) is 3. The number of halogens is 1. The van der Waals surface area contributed by atoms with Crippen molar-refractivity contribution in [3.05, 3.63) is 41.2 Å². The molecule has 1 aromatic heterocycles. The lowest BCUT2D eigenvalue weighted by Gasteiger charge is -2.37. The summed E-state index contributed by atoms with van der Waals surface area (Å²) in [6.07, 6.45) is 1.14. The van der Waals surface area contributed by atoms with E-state index in [0.717, 1.165) is 37.0 Å². The first-order chi connectivity index (χ1) is 10.1. The molecule has 0 bridgehead atoms. The van der Waals surface area contributed by atoms with Crippen LogP contribution < -0.4 is 9.80 Å². The van der Waals surface area contributed by atoms with Crippen LogP contribution in [0.5, 0.6) is 0 Å². The SMILES string of the molecule is C[C@H](O)c1cc(F)ccc1N1CCN(c2nccs2)CC1. The number of thiazole rings is 1. The standard InChI is InChI=1S/C15H18FN3OS/c1-11(20)13-10-12(16)2-3-14(13)18-5-7-19(8-6-18)15-17-4-9-21-15/h2-4,9-11,20H,5-8H2,1H3/t11-/m0/s1. The third kappa shape index (κ3) is 3.01. The van der Waals surface area contributed by atoms with Crippen LogP contribution in [0.2, 0.25) is 0 Å². The highest BCUT2D eigenvalue weighted by Gasteiger charge is 2.22. The highest BCUT2D eigenvalue weighted by atomic mass is 32.1. The molecule has 1 saturated heterocycles. The summed E-state index contributed by atoms with van der Waals surface area (Å²) in [5, 5.41) is 12.9. The van der Waals surface area contributed by atoms with Gasteiger partial charge < -0.3 is 14.9 Å². The van der Waals surface area contributed by atoms with Crippen molar-refractivity contribution in [1.82, 2.24) is 4.98 Å². The van der Waals surface area contributed by atoms with Gasteiger partial charge in [-0.15, -0.1) is 11.3 Å². The summed E-state index contributed by atoms with van der Waals surface area (Å²) >= 11 is 1.64. The Morgan fingerprint density at radius 3 is 2.57 bits per heavy atom. The summed E-state index contributed by atoms with van der Waals surface area (Å²) in [7, 11) is 0. The number of anilines is 2. The molecule has 0 spiro atoms. The fourth-order valence-corrected chi connectivity index (χ4v) is 3.36. The Morgan fingerprint density at radius 1 is 1.24 bits per heavy atom. The van der Waals surface area contributed by atoms with Crippen LogP contribution >= 0.6 is 11.3 Å². The van der Waals surface area contributed by atoms with Gasteiger partial charge >= 0.3 is 0 Å². The zero-order valence-corrected chi connectivity index (χ0v) is 12.7. The van der Waals surface area contributed by atoms with E-state index >= 15 is 0 Å². The molecular weight excluding hydrogens is 289 g/mol. The molecule has 3 rings (SSSR count). The van der Waals surface area contributed by atoms with Gasteiger partial charge in [0.1, 0.15) is 5.82 Å². The van der Waals surface area contributed by atoms with Crippen molar-refractivity contribution in [2.45, 2.75) is 13.0 Å². The molecule has 0 saturated carbocycles. The van der Waals surface area contributed by atoms with Crippen molar-refractivity contribution >= 4 is 22.2 Å². The Labute approximate surface area is 127 Å². The van der Waals surface area contributed by atoms with E-state index in [1.165, 1.54) is 12.1 Å². The van der Waals surface area contributed by atoms with Crippen LogP contribution in [0.1, 0.15) is 18.6 Å². The number of hydrogen-bond acceptors (Lipinski definition) is 5. The maximum atomic E-state index is 13.4. The van der Waals surface area contributed by atoms with Crippen LogP contribution in [0.3, 0.4) is 0 Å². The normalized spacial score (nSPS) is 17.1. The van der Waals surface area contributed by atoms with Gasteiger partial charge in [-0.1, -0.05) is 0 Å². The number of benzene rings is 1. The lowest BCUT2D eigenvalue weighted by molar-refractivity contribution is 0.199. The fraction of sp³-hybridized carbons (Fsp3) is 0.400. The van der Waals surface area contributed by atoms with E-state index in [2.05, 4.69) is 14.8 Å². The molecule has 21 heavy (non-hydrogen) atoms. The molecule has 1 aliphatic heterocycles. The van der Waals surface area contributed by atoms with E-state index in [9.17, 15) is 9.50 Å². The molecular formula is C15H18FN3OS. The Morgan fingerprint density at radius 2 is 1.95 bits per heavy atom. The molecule has 1 aliphatic rings. The predicted octanol–water partition coefficient (Wildman–Crippen LogP) is 2.66. The van der Waals surface area contributed by atoms with Crippen molar-refractivity contribution < 1.29 is 9.50 Å². The summed E-state index contributed by atoms with van der Waals surface area (Å²) in [6, 6.07) is 4.64. The van der Waals surface area contributed by atoms with Gasteiger partial charge in [0.25, 0.3) is 0 Å². The summed E-state index contributed by atoms with van der Waals surface area (Å²) in [6.45, 7) is 5.11. The van der Waals surface area contributed by atoms with Gasteiger partial charge in [-0.25, -0.2) is 9.37 Å². The van der Waals surface area contributed by atoms with E-state index < -0.39 is 6.10 Å². The second-order valence-electron chi connectivity index (χ2n) is 5.17. The third-order valence-electron chi connectivity index (χ3n) is 3.75. The van der Waals surface area contributed by atoms with Gasteiger partial charge in [-0.2, -0.15) is 0 Å². The molecule has 2 heterocycles. The monoisotopic (exact) mass is 307 g/mol. The van der Waals surface area contributed by atoms with Crippen LogP contribution in [0, 0.1) is 5.82 Å². The largest absolute Gasteiger partial charge is 0.389 e. The molecule has 0 unspecified atom stereocenters. The predicted molar refractivity (Wildman–Crippen MR) is 83.6 cm³/mol. The molecule has 2 aromatic rings. The second-order valence-corrected chi connectivity index (χ2v) is 6.04. The molecule has 0 amide bonds. The Kier molecular flexibility index (Phi) is 4.07. The Bertz CT molecular complexity index is 595. The molecule has 0 aliphatic carbocycles. The molecule has 1 N–H and O–H groups in total. The molecule has 1 aromatic carbocycles. The maximum Gasteiger partial charge on any atom is 0.185 e. The molecule has 0 radical (unpaired) electrons. The summed E-state index contributed by atoms with van der Waals surface area (Å²) in [5.41, 5.74) is 1.57. The van der Waals surface area contributed by atoms with Crippen molar-refractivity contribution in [2.24, 2.45) is 0 Å². The Hall–Kier alpha value is -1.66. The van der Waals surface area contributed by atoms with E-state index in [-0.39, 0.29) is 5.82 Å². The van der Waals surface area contributed by atoms with Crippen LogP contribution in [0.4, 0.5) is 15.2 Å². The van der Waals surface area contributed by atoms with E-state index in [0.29, 0.717) is 5.56 Å². The van der Waals surface area contributed by atoms with E-state index in [4.69, 9.17) is 0 Å². The van der Waals surface area contributed by atoms with Gasteiger partial charge in [0.05, 0.1) is 6.10 Å². The van der Waals surface area contributed by atoms with E-state index in [1.54, 1.807) is 24.3 Å². The van der Waals surface area contributed by atoms with Gasteiger partial charge in [0.15, 0.2) is 5.13 Å². The minimum absolute atomic E-state index is 0.309. The summed E-state index contributed by atoms with van der Waals surface area (Å²) in [4.78, 5) is 8.79. The van der Waals surface area contributed by atoms with Gasteiger partial charge in [0, 0.05) is 49.0 Å². The minimum atomic E-state index is -0.673. The van der Waals surface area contributed by atoms with Crippen LogP contribution in [-0.2, 0) is 0 Å². The smallest absolute Gasteiger partial charge is 0.185 e. The third-order valence-corrected chi connectivity index (χ3v) is 4.58. The van der Waals surface area contributed by atoms with Gasteiger partial charge in [-0.05, 0) is 25.1 Å². The molecule has 112 valence electrons. The maximum absolute atomic E-state index is 13.4. The zero-order valence-electron chi connectivity index (χ0n) is 11.9. The first-order valence-corrected chi connectivity index (χ1v) is 7.90. The highest BCUT2D eigenvalue weighted by molar-refractivity contribution is 7.13. The number of piperazine rings is 1. The average Bonchev–Trinajstić information content (AvgIpc) is 3.01. The number of hydrogen-bond donors (Lipinski definition) is 1. The zero-order chi connectivity index (χ0) is 14.8. The van der Waals surface area contributed by atoms with Crippen molar-refractivity contribution in [1.29, 1.82) is 0 Å². The van der Waals surface area contributed by atoms with Crippen LogP contribution in [0.15, 0.2) is 29.8 Å². The molecule has 1 atom stereocenters.